The first-order valence-electron chi connectivity index (χ1n) is 9.59. The first-order chi connectivity index (χ1) is 14.4. The normalized spacial score (nSPS) is 18.0. The van der Waals surface area contributed by atoms with Crippen molar-refractivity contribution in [3.05, 3.63) is 72.3 Å². The van der Waals surface area contributed by atoms with Crippen molar-refractivity contribution >= 4 is 23.2 Å². The number of anilines is 2. The molecule has 1 aliphatic heterocycles. The molecule has 2 amide bonds. The number of para-hydroxylation sites is 2. The number of rotatable bonds is 5. The van der Waals surface area contributed by atoms with Gasteiger partial charge in [0.05, 0.1) is 24.1 Å². The molecule has 30 heavy (non-hydrogen) atoms. The maximum atomic E-state index is 13.9. The molecule has 0 saturated heterocycles. The Morgan fingerprint density at radius 3 is 2.70 bits per heavy atom. The van der Waals surface area contributed by atoms with Gasteiger partial charge in [-0.3, -0.25) is 14.3 Å². The highest BCUT2D eigenvalue weighted by Gasteiger charge is 2.50. The van der Waals surface area contributed by atoms with E-state index < -0.39 is 17.4 Å². The molecule has 7 nitrogen and oxygen atoms in total. The van der Waals surface area contributed by atoms with Gasteiger partial charge in [0.25, 0.3) is 17.4 Å². The third-order valence-electron chi connectivity index (χ3n) is 5.05. The van der Waals surface area contributed by atoms with E-state index in [4.69, 9.17) is 4.74 Å². The predicted molar refractivity (Wildman–Crippen MR) is 110 cm³/mol. The molecule has 1 unspecified atom stereocenters. The first-order valence-corrected chi connectivity index (χ1v) is 9.59. The fourth-order valence-corrected chi connectivity index (χ4v) is 3.42. The van der Waals surface area contributed by atoms with Gasteiger partial charge in [-0.25, -0.2) is 4.39 Å². The molecule has 0 radical (unpaired) electrons. The quantitative estimate of drug-likeness (QED) is 0.658. The average Bonchev–Trinajstić information content (AvgIpc) is 3.17. The summed E-state index contributed by atoms with van der Waals surface area (Å²) in [4.78, 5) is 27.6. The van der Waals surface area contributed by atoms with E-state index >= 15 is 0 Å². The monoisotopic (exact) mass is 408 g/mol. The Kier molecular flexibility index (Phi) is 4.99. The molecule has 1 aliphatic rings. The van der Waals surface area contributed by atoms with Gasteiger partial charge in [-0.2, -0.15) is 5.10 Å². The Morgan fingerprint density at radius 2 is 1.93 bits per heavy atom. The highest BCUT2D eigenvalue weighted by atomic mass is 19.1. The molecule has 0 fully saturated rings. The molecule has 0 bridgehead atoms. The predicted octanol–water partition coefficient (Wildman–Crippen LogP) is 3.21. The number of nitrogens with zero attached hydrogens (tertiary/aromatic N) is 3. The van der Waals surface area contributed by atoms with Crippen molar-refractivity contribution in [3.63, 3.8) is 0 Å². The molecule has 0 saturated carbocycles. The van der Waals surface area contributed by atoms with Crippen molar-refractivity contribution in [2.75, 3.05) is 16.8 Å². The molecule has 0 spiro atoms. The van der Waals surface area contributed by atoms with Crippen LogP contribution >= 0.6 is 0 Å². The van der Waals surface area contributed by atoms with Gasteiger partial charge < -0.3 is 15.0 Å². The average molecular weight is 408 g/mol. The molecule has 0 aliphatic carbocycles. The van der Waals surface area contributed by atoms with Crippen LogP contribution in [0.3, 0.4) is 0 Å². The summed E-state index contributed by atoms with van der Waals surface area (Å²) in [6.45, 7) is 3.91. The highest BCUT2D eigenvalue weighted by molar-refractivity contribution is 6.19. The maximum Gasteiger partial charge on any atom is 0.280 e. The number of carbonyl (C=O) groups is 2. The van der Waals surface area contributed by atoms with Crippen LogP contribution in [0.4, 0.5) is 15.8 Å². The van der Waals surface area contributed by atoms with E-state index in [9.17, 15) is 14.0 Å². The van der Waals surface area contributed by atoms with Crippen molar-refractivity contribution in [2.24, 2.45) is 0 Å². The minimum atomic E-state index is -1.72. The first kappa shape index (κ1) is 19.6. The van der Waals surface area contributed by atoms with Crippen LogP contribution in [0.25, 0.3) is 0 Å². The highest BCUT2D eigenvalue weighted by Crippen LogP contribution is 2.37. The third kappa shape index (κ3) is 3.41. The zero-order chi connectivity index (χ0) is 21.3. The number of hydrogen-bond acceptors (Lipinski definition) is 4. The second-order valence-electron chi connectivity index (χ2n) is 7.12. The number of amides is 2. The fraction of sp³-hybridized carbons (Fsp3) is 0.227. The molecular formula is C22H21FN4O3. The number of benzene rings is 2. The molecule has 1 aromatic heterocycles. The lowest BCUT2D eigenvalue weighted by Crippen LogP contribution is -2.60. The van der Waals surface area contributed by atoms with Crippen LogP contribution < -0.4 is 15.0 Å². The van der Waals surface area contributed by atoms with Crippen LogP contribution in [0, 0.1) is 5.82 Å². The molecule has 8 heteroatoms. The molecule has 3 aromatic rings. The molecular weight excluding hydrogens is 387 g/mol. The van der Waals surface area contributed by atoms with E-state index in [1.165, 1.54) is 28.8 Å². The number of ether oxygens (including phenoxy) is 1. The number of hydrogen-bond donors (Lipinski definition) is 1. The minimum absolute atomic E-state index is 0.215. The van der Waals surface area contributed by atoms with Crippen molar-refractivity contribution in [2.45, 2.75) is 26.0 Å². The van der Waals surface area contributed by atoms with Crippen molar-refractivity contribution in [1.29, 1.82) is 0 Å². The fourth-order valence-electron chi connectivity index (χ4n) is 3.42. The summed E-state index contributed by atoms with van der Waals surface area (Å²) in [6.07, 6.45) is 3.02. The van der Waals surface area contributed by atoms with Gasteiger partial charge in [0, 0.05) is 18.3 Å². The van der Waals surface area contributed by atoms with Crippen molar-refractivity contribution < 1.29 is 18.7 Å². The second-order valence-corrected chi connectivity index (χ2v) is 7.12. The number of aromatic nitrogens is 2. The van der Waals surface area contributed by atoms with Crippen LogP contribution in [0.5, 0.6) is 5.75 Å². The van der Waals surface area contributed by atoms with Gasteiger partial charge in [0.15, 0.2) is 0 Å². The number of nitrogens with one attached hydrogen (secondary N) is 1. The minimum Gasteiger partial charge on any atom is -0.465 e. The lowest BCUT2D eigenvalue weighted by Gasteiger charge is -2.39. The Morgan fingerprint density at radius 1 is 1.20 bits per heavy atom. The lowest BCUT2D eigenvalue weighted by atomic mass is 10.00. The Balaban J connectivity index is 1.53. The summed E-state index contributed by atoms with van der Waals surface area (Å²) in [6, 6.07) is 13.5. The van der Waals surface area contributed by atoms with Crippen LogP contribution in [-0.4, -0.2) is 33.7 Å². The summed E-state index contributed by atoms with van der Waals surface area (Å²) in [5, 5.41) is 6.85. The van der Waals surface area contributed by atoms with E-state index in [-0.39, 0.29) is 12.4 Å². The summed E-state index contributed by atoms with van der Waals surface area (Å²) in [5.74, 6) is -0.914. The van der Waals surface area contributed by atoms with Gasteiger partial charge >= 0.3 is 0 Å². The van der Waals surface area contributed by atoms with E-state index in [1.54, 1.807) is 42.6 Å². The lowest BCUT2D eigenvalue weighted by molar-refractivity contribution is -0.145. The van der Waals surface area contributed by atoms with Crippen molar-refractivity contribution in [3.8, 4) is 5.75 Å². The largest absolute Gasteiger partial charge is 0.465 e. The molecule has 154 valence electrons. The molecule has 1 N–H and O–H groups in total. The van der Waals surface area contributed by atoms with E-state index in [0.29, 0.717) is 29.2 Å². The van der Waals surface area contributed by atoms with Gasteiger partial charge in [0.1, 0.15) is 11.6 Å². The standard InChI is InChI=1S/C22H21FN4O3/c1-3-27-18-10-6-7-11-19(18)30-22(2,21(27)29)20(28)25-16-12-24-26(14-16)13-15-8-4-5-9-17(15)23/h4-12,14H,3,13H2,1-2H3,(H,25,28). The van der Waals surface area contributed by atoms with E-state index in [1.807, 2.05) is 13.0 Å². The summed E-state index contributed by atoms with van der Waals surface area (Å²) in [7, 11) is 0. The smallest absolute Gasteiger partial charge is 0.280 e. The zero-order valence-corrected chi connectivity index (χ0v) is 16.6. The van der Waals surface area contributed by atoms with Gasteiger partial charge in [-0.1, -0.05) is 30.3 Å². The summed E-state index contributed by atoms with van der Waals surface area (Å²) >= 11 is 0. The molecule has 2 aromatic carbocycles. The Hall–Kier alpha value is -3.68. The number of likely N-dealkylation sites (N-methyl/N-ethyl adjacent to an activating group) is 1. The van der Waals surface area contributed by atoms with Crippen LogP contribution in [0.15, 0.2) is 60.9 Å². The van der Waals surface area contributed by atoms with E-state index in [2.05, 4.69) is 10.4 Å². The third-order valence-corrected chi connectivity index (χ3v) is 5.05. The Labute approximate surface area is 173 Å². The number of carbonyl (C=O) groups excluding carboxylic acids is 2. The van der Waals surface area contributed by atoms with Crippen LogP contribution in [-0.2, 0) is 16.1 Å². The van der Waals surface area contributed by atoms with E-state index in [0.717, 1.165) is 0 Å². The van der Waals surface area contributed by atoms with Crippen molar-refractivity contribution in [1.82, 2.24) is 9.78 Å². The van der Waals surface area contributed by atoms with Gasteiger partial charge in [-0.05, 0) is 32.0 Å². The molecule has 1 atom stereocenters. The topological polar surface area (TPSA) is 76.5 Å². The summed E-state index contributed by atoms with van der Waals surface area (Å²) in [5.41, 5.74) is -0.229. The number of fused-ring (bicyclic) bond motifs is 1. The van der Waals surface area contributed by atoms with Crippen LogP contribution in [0.2, 0.25) is 0 Å². The Bertz CT molecular complexity index is 1110. The van der Waals surface area contributed by atoms with Gasteiger partial charge in [-0.15, -0.1) is 0 Å². The number of halogens is 1. The maximum absolute atomic E-state index is 13.9. The van der Waals surface area contributed by atoms with Gasteiger partial charge in [0.2, 0.25) is 0 Å². The SMILES string of the molecule is CCN1C(=O)C(C)(C(=O)Nc2cnn(Cc3ccccc3F)c2)Oc2ccccc21. The summed E-state index contributed by atoms with van der Waals surface area (Å²) < 4.78 is 21.2. The van der Waals surface area contributed by atoms with Crippen LogP contribution in [0.1, 0.15) is 19.4 Å². The molecule has 2 heterocycles. The second kappa shape index (κ2) is 7.62. The zero-order valence-electron chi connectivity index (χ0n) is 16.6. The molecule has 4 rings (SSSR count).